The molecule has 0 amide bonds. The van der Waals surface area contributed by atoms with E-state index < -0.39 is 0 Å². The zero-order valence-electron chi connectivity index (χ0n) is 8.83. The molecule has 1 aromatic heterocycles. The average Bonchev–Trinajstić information content (AvgIpc) is 2.20. The Bertz CT molecular complexity index is 276. The monoisotopic (exact) mass is 194 g/mol. The first kappa shape index (κ1) is 11.0. The lowest BCUT2D eigenvalue weighted by molar-refractivity contribution is 0.164. The molecule has 3 heteroatoms. The van der Waals surface area contributed by atoms with E-state index in [4.69, 9.17) is 0 Å². The molecule has 3 nitrogen and oxygen atoms in total. The van der Waals surface area contributed by atoms with Crippen LogP contribution in [0.4, 0.5) is 5.82 Å². The summed E-state index contributed by atoms with van der Waals surface area (Å²) >= 11 is 0. The molecule has 1 aromatic rings. The van der Waals surface area contributed by atoms with Crippen molar-refractivity contribution in [1.29, 1.82) is 0 Å². The molecule has 1 heterocycles. The Balaban J connectivity index is 2.35. The first-order valence-electron chi connectivity index (χ1n) is 5.07. The van der Waals surface area contributed by atoms with Gasteiger partial charge >= 0.3 is 0 Å². The molecule has 0 aliphatic heterocycles. The number of aromatic nitrogens is 1. The van der Waals surface area contributed by atoms with Crippen LogP contribution < -0.4 is 5.32 Å². The smallest absolute Gasteiger partial charge is 0.128 e. The van der Waals surface area contributed by atoms with Crippen LogP contribution in [0.25, 0.3) is 0 Å². The van der Waals surface area contributed by atoms with Crippen LogP contribution in [0.3, 0.4) is 0 Å². The summed E-state index contributed by atoms with van der Waals surface area (Å²) in [7, 11) is 0. The quantitative estimate of drug-likeness (QED) is 0.753. The van der Waals surface area contributed by atoms with Crippen LogP contribution in [0.1, 0.15) is 25.3 Å². The van der Waals surface area contributed by atoms with Crippen LogP contribution in [-0.2, 0) is 0 Å². The van der Waals surface area contributed by atoms with Gasteiger partial charge in [-0.15, -0.1) is 0 Å². The van der Waals surface area contributed by atoms with Crippen molar-refractivity contribution in [2.75, 3.05) is 11.9 Å². The molecule has 1 rings (SSSR count). The van der Waals surface area contributed by atoms with Gasteiger partial charge in [0.1, 0.15) is 5.82 Å². The van der Waals surface area contributed by atoms with Crippen molar-refractivity contribution in [3.63, 3.8) is 0 Å². The standard InChI is InChI=1S/C11H18N2O/c1-3-10(14)6-8-13-11-9(2)5-4-7-12-11/h4-5,7,10,14H,3,6,8H2,1-2H3,(H,12,13). The van der Waals surface area contributed by atoms with Crippen LogP contribution in [-0.4, -0.2) is 22.7 Å². The highest BCUT2D eigenvalue weighted by Crippen LogP contribution is 2.09. The summed E-state index contributed by atoms with van der Waals surface area (Å²) < 4.78 is 0. The van der Waals surface area contributed by atoms with E-state index in [0.29, 0.717) is 0 Å². The number of nitrogens with zero attached hydrogens (tertiary/aromatic N) is 1. The maximum Gasteiger partial charge on any atom is 0.128 e. The number of hydrogen-bond donors (Lipinski definition) is 2. The topological polar surface area (TPSA) is 45.1 Å². The summed E-state index contributed by atoms with van der Waals surface area (Å²) in [6.45, 7) is 4.77. The van der Waals surface area contributed by atoms with Gasteiger partial charge in [0.2, 0.25) is 0 Å². The van der Waals surface area contributed by atoms with Crippen LogP contribution in [0.5, 0.6) is 0 Å². The second-order valence-corrected chi connectivity index (χ2v) is 3.45. The molecule has 14 heavy (non-hydrogen) atoms. The molecule has 78 valence electrons. The van der Waals surface area contributed by atoms with Gasteiger partial charge in [-0.05, 0) is 31.4 Å². The number of aliphatic hydroxyl groups excluding tert-OH is 1. The molecule has 0 saturated carbocycles. The Morgan fingerprint density at radius 2 is 2.36 bits per heavy atom. The van der Waals surface area contributed by atoms with E-state index in [-0.39, 0.29) is 6.10 Å². The van der Waals surface area contributed by atoms with Gasteiger partial charge in [-0.3, -0.25) is 0 Å². The Labute approximate surface area is 85.2 Å². The van der Waals surface area contributed by atoms with E-state index in [1.165, 1.54) is 0 Å². The lowest BCUT2D eigenvalue weighted by Gasteiger charge is -2.10. The van der Waals surface area contributed by atoms with E-state index in [1.54, 1.807) is 6.20 Å². The number of aliphatic hydroxyl groups is 1. The van der Waals surface area contributed by atoms with Crippen LogP contribution in [0.2, 0.25) is 0 Å². The number of rotatable bonds is 5. The highest BCUT2D eigenvalue weighted by molar-refractivity contribution is 5.42. The second kappa shape index (κ2) is 5.60. The SMILES string of the molecule is CCC(O)CCNc1ncccc1C. The van der Waals surface area contributed by atoms with Gasteiger partial charge in [0.25, 0.3) is 0 Å². The Morgan fingerprint density at radius 1 is 1.57 bits per heavy atom. The molecule has 0 radical (unpaired) electrons. The van der Waals surface area contributed by atoms with Crippen molar-refractivity contribution in [2.45, 2.75) is 32.8 Å². The van der Waals surface area contributed by atoms with Gasteiger partial charge in [0, 0.05) is 12.7 Å². The number of hydrogen-bond acceptors (Lipinski definition) is 3. The molecule has 2 N–H and O–H groups in total. The number of aryl methyl sites for hydroxylation is 1. The van der Waals surface area contributed by atoms with Crippen molar-refractivity contribution in [2.24, 2.45) is 0 Å². The van der Waals surface area contributed by atoms with Gasteiger partial charge in [-0.25, -0.2) is 4.98 Å². The summed E-state index contributed by atoms with van der Waals surface area (Å²) in [6.07, 6.45) is 3.15. The maximum atomic E-state index is 9.34. The highest BCUT2D eigenvalue weighted by atomic mass is 16.3. The lowest BCUT2D eigenvalue weighted by Crippen LogP contribution is -2.13. The number of pyridine rings is 1. The highest BCUT2D eigenvalue weighted by Gasteiger charge is 2.01. The fourth-order valence-corrected chi connectivity index (χ4v) is 1.23. The van der Waals surface area contributed by atoms with E-state index >= 15 is 0 Å². The number of nitrogens with one attached hydrogen (secondary N) is 1. The zero-order valence-corrected chi connectivity index (χ0v) is 8.83. The predicted molar refractivity (Wildman–Crippen MR) is 58.4 cm³/mol. The third-order valence-electron chi connectivity index (χ3n) is 2.25. The van der Waals surface area contributed by atoms with Gasteiger partial charge in [0.05, 0.1) is 6.10 Å². The van der Waals surface area contributed by atoms with Gasteiger partial charge in [0.15, 0.2) is 0 Å². The van der Waals surface area contributed by atoms with Crippen molar-refractivity contribution < 1.29 is 5.11 Å². The number of anilines is 1. The predicted octanol–water partition coefficient (Wildman–Crippen LogP) is 1.96. The minimum Gasteiger partial charge on any atom is -0.393 e. The molecule has 0 spiro atoms. The van der Waals surface area contributed by atoms with Gasteiger partial charge < -0.3 is 10.4 Å². The van der Waals surface area contributed by atoms with Crippen LogP contribution in [0, 0.1) is 6.92 Å². The van der Waals surface area contributed by atoms with Crippen molar-refractivity contribution in [1.82, 2.24) is 4.98 Å². The van der Waals surface area contributed by atoms with Crippen molar-refractivity contribution in [3.8, 4) is 0 Å². The lowest BCUT2D eigenvalue weighted by atomic mass is 10.2. The fourth-order valence-electron chi connectivity index (χ4n) is 1.23. The Morgan fingerprint density at radius 3 is 3.00 bits per heavy atom. The summed E-state index contributed by atoms with van der Waals surface area (Å²) in [5.41, 5.74) is 1.14. The second-order valence-electron chi connectivity index (χ2n) is 3.45. The first-order valence-corrected chi connectivity index (χ1v) is 5.07. The molecular formula is C11H18N2O. The maximum absolute atomic E-state index is 9.34. The molecule has 0 aromatic carbocycles. The summed E-state index contributed by atoms with van der Waals surface area (Å²) in [4.78, 5) is 4.21. The molecule has 0 aliphatic rings. The Kier molecular flexibility index (Phi) is 4.40. The molecule has 0 bridgehead atoms. The van der Waals surface area contributed by atoms with Gasteiger partial charge in [-0.2, -0.15) is 0 Å². The van der Waals surface area contributed by atoms with Gasteiger partial charge in [-0.1, -0.05) is 13.0 Å². The van der Waals surface area contributed by atoms with E-state index in [9.17, 15) is 5.11 Å². The van der Waals surface area contributed by atoms with Crippen molar-refractivity contribution >= 4 is 5.82 Å². The Hall–Kier alpha value is -1.09. The zero-order chi connectivity index (χ0) is 10.4. The molecule has 1 unspecified atom stereocenters. The molecule has 1 atom stereocenters. The molecule has 0 aliphatic carbocycles. The summed E-state index contributed by atoms with van der Waals surface area (Å²) in [6, 6.07) is 3.94. The minimum absolute atomic E-state index is 0.202. The van der Waals surface area contributed by atoms with Crippen LogP contribution in [0.15, 0.2) is 18.3 Å². The van der Waals surface area contributed by atoms with Crippen LogP contribution >= 0.6 is 0 Å². The largest absolute Gasteiger partial charge is 0.393 e. The molecular weight excluding hydrogens is 176 g/mol. The molecule has 0 fully saturated rings. The van der Waals surface area contributed by atoms with E-state index in [0.717, 1.165) is 30.8 Å². The third-order valence-corrected chi connectivity index (χ3v) is 2.25. The fraction of sp³-hybridized carbons (Fsp3) is 0.545. The summed E-state index contributed by atoms with van der Waals surface area (Å²) in [5, 5.41) is 12.6. The van der Waals surface area contributed by atoms with E-state index in [1.807, 2.05) is 26.0 Å². The van der Waals surface area contributed by atoms with Crippen molar-refractivity contribution in [3.05, 3.63) is 23.9 Å². The van der Waals surface area contributed by atoms with E-state index in [2.05, 4.69) is 10.3 Å². The third kappa shape index (κ3) is 3.34. The minimum atomic E-state index is -0.202. The summed E-state index contributed by atoms with van der Waals surface area (Å²) in [5.74, 6) is 0.913. The first-order chi connectivity index (χ1) is 6.74. The molecule has 0 saturated heterocycles. The average molecular weight is 194 g/mol. The normalized spacial score (nSPS) is 12.5.